The van der Waals surface area contributed by atoms with Gasteiger partial charge in [0.15, 0.2) is 0 Å². The molecule has 2 heterocycles. The van der Waals surface area contributed by atoms with E-state index in [0.29, 0.717) is 17.1 Å². The van der Waals surface area contributed by atoms with Crippen LogP contribution in [0.25, 0.3) is 0 Å². The van der Waals surface area contributed by atoms with E-state index in [1.165, 1.54) is 0 Å². The highest BCUT2D eigenvalue weighted by Crippen LogP contribution is 2.18. The molecule has 23 heavy (non-hydrogen) atoms. The van der Waals surface area contributed by atoms with Crippen LogP contribution < -0.4 is 16.0 Å². The second-order valence-corrected chi connectivity index (χ2v) is 5.53. The summed E-state index contributed by atoms with van der Waals surface area (Å²) in [6.07, 6.45) is 1.77. The summed E-state index contributed by atoms with van der Waals surface area (Å²) in [5, 5.41) is 2.81. The first-order chi connectivity index (χ1) is 11.1. The molecule has 0 bridgehead atoms. The number of pyridine rings is 1. The number of nitrogens with two attached hydrogens (primary N) is 1. The Kier molecular flexibility index (Phi) is 4.43. The van der Waals surface area contributed by atoms with E-state index in [2.05, 4.69) is 15.2 Å². The Morgan fingerprint density at radius 2 is 2.04 bits per heavy atom. The number of amides is 1. The number of anilines is 3. The molecule has 6 nitrogen and oxygen atoms in total. The molecule has 1 saturated heterocycles. The maximum absolute atomic E-state index is 12.3. The summed E-state index contributed by atoms with van der Waals surface area (Å²) in [6.45, 7) is 5.05. The van der Waals surface area contributed by atoms with Crippen molar-refractivity contribution in [2.75, 3.05) is 42.3 Å². The van der Waals surface area contributed by atoms with Crippen LogP contribution in [-0.2, 0) is 4.74 Å². The molecule has 1 aliphatic rings. The minimum atomic E-state index is -0.207. The molecule has 120 valence electrons. The number of aryl methyl sites for hydroxylation is 1. The number of nitrogens with zero attached hydrogens (tertiary/aromatic N) is 2. The molecule has 0 saturated carbocycles. The first-order valence-corrected chi connectivity index (χ1v) is 7.60. The lowest BCUT2D eigenvalue weighted by atomic mass is 10.1. The quantitative estimate of drug-likeness (QED) is 0.848. The number of hydrogen-bond acceptors (Lipinski definition) is 5. The molecule has 1 amide bonds. The van der Waals surface area contributed by atoms with Crippen molar-refractivity contribution in [2.24, 2.45) is 0 Å². The Morgan fingerprint density at radius 1 is 1.26 bits per heavy atom. The molecule has 3 N–H and O–H groups in total. The number of carbonyl (C=O) groups excluding carboxylic acids is 1. The van der Waals surface area contributed by atoms with Gasteiger partial charge in [0, 0.05) is 24.3 Å². The fourth-order valence-electron chi connectivity index (χ4n) is 2.54. The minimum absolute atomic E-state index is 0.207. The number of aromatic nitrogens is 1. The maximum atomic E-state index is 12.3. The Labute approximate surface area is 135 Å². The number of hydrogen-bond donors (Lipinski definition) is 2. The van der Waals surface area contributed by atoms with E-state index in [9.17, 15) is 4.79 Å². The minimum Gasteiger partial charge on any atom is -0.399 e. The van der Waals surface area contributed by atoms with Gasteiger partial charge in [0.25, 0.3) is 5.91 Å². The average molecular weight is 312 g/mol. The standard InChI is InChI=1S/C17H20N4O2/c1-12-2-3-13(18)10-15(12)17(22)20-16-5-4-14(11-19-16)21-6-8-23-9-7-21/h2-5,10-11H,6-9,18H2,1H3,(H,19,20,22). The fourth-order valence-corrected chi connectivity index (χ4v) is 2.54. The highest BCUT2D eigenvalue weighted by Gasteiger charge is 2.13. The summed E-state index contributed by atoms with van der Waals surface area (Å²) >= 11 is 0. The zero-order chi connectivity index (χ0) is 16.2. The van der Waals surface area contributed by atoms with Crippen LogP contribution in [0.2, 0.25) is 0 Å². The average Bonchev–Trinajstić information content (AvgIpc) is 2.58. The molecule has 6 heteroatoms. The summed E-state index contributed by atoms with van der Waals surface area (Å²) in [6, 6.07) is 9.05. The van der Waals surface area contributed by atoms with Crippen LogP contribution in [-0.4, -0.2) is 37.2 Å². The van der Waals surface area contributed by atoms with Gasteiger partial charge in [-0.3, -0.25) is 4.79 Å². The Hall–Kier alpha value is -2.60. The van der Waals surface area contributed by atoms with E-state index < -0.39 is 0 Å². The molecule has 2 aromatic rings. The van der Waals surface area contributed by atoms with Gasteiger partial charge in [-0.1, -0.05) is 6.07 Å². The monoisotopic (exact) mass is 312 g/mol. The zero-order valence-electron chi connectivity index (χ0n) is 13.1. The van der Waals surface area contributed by atoms with Crippen LogP contribution in [0.15, 0.2) is 36.5 Å². The fraction of sp³-hybridized carbons (Fsp3) is 0.294. The normalized spacial score (nSPS) is 14.6. The van der Waals surface area contributed by atoms with E-state index in [0.717, 1.165) is 37.6 Å². The van der Waals surface area contributed by atoms with Gasteiger partial charge in [-0.15, -0.1) is 0 Å². The topological polar surface area (TPSA) is 80.5 Å². The van der Waals surface area contributed by atoms with Crippen molar-refractivity contribution in [1.29, 1.82) is 0 Å². The molecule has 0 aliphatic carbocycles. The van der Waals surface area contributed by atoms with Crippen LogP contribution >= 0.6 is 0 Å². The first-order valence-electron chi connectivity index (χ1n) is 7.60. The number of nitrogens with one attached hydrogen (secondary N) is 1. The third-order valence-electron chi connectivity index (χ3n) is 3.87. The number of ether oxygens (including phenoxy) is 1. The van der Waals surface area contributed by atoms with Crippen molar-refractivity contribution in [3.05, 3.63) is 47.7 Å². The van der Waals surface area contributed by atoms with Gasteiger partial charge in [0.2, 0.25) is 0 Å². The van der Waals surface area contributed by atoms with Crippen molar-refractivity contribution < 1.29 is 9.53 Å². The highest BCUT2D eigenvalue weighted by atomic mass is 16.5. The van der Waals surface area contributed by atoms with Crippen LogP contribution in [0.3, 0.4) is 0 Å². The largest absolute Gasteiger partial charge is 0.399 e. The molecule has 0 unspecified atom stereocenters. The molecule has 1 aliphatic heterocycles. The highest BCUT2D eigenvalue weighted by molar-refractivity contribution is 6.05. The van der Waals surface area contributed by atoms with Gasteiger partial charge in [0.1, 0.15) is 5.82 Å². The van der Waals surface area contributed by atoms with Gasteiger partial charge in [0.05, 0.1) is 25.1 Å². The van der Waals surface area contributed by atoms with Crippen molar-refractivity contribution in [2.45, 2.75) is 6.92 Å². The van der Waals surface area contributed by atoms with E-state index in [-0.39, 0.29) is 5.91 Å². The summed E-state index contributed by atoms with van der Waals surface area (Å²) in [7, 11) is 0. The molecule has 1 fully saturated rings. The van der Waals surface area contributed by atoms with E-state index in [4.69, 9.17) is 10.5 Å². The predicted octanol–water partition coefficient (Wildman–Crippen LogP) is 2.06. The second kappa shape index (κ2) is 6.66. The van der Waals surface area contributed by atoms with Gasteiger partial charge in [-0.25, -0.2) is 4.98 Å². The molecule has 0 spiro atoms. The molecular formula is C17H20N4O2. The third-order valence-corrected chi connectivity index (χ3v) is 3.87. The summed E-state index contributed by atoms with van der Waals surface area (Å²) < 4.78 is 5.34. The lowest BCUT2D eigenvalue weighted by Crippen LogP contribution is -2.36. The van der Waals surface area contributed by atoms with E-state index in [1.807, 2.05) is 25.1 Å². The summed E-state index contributed by atoms with van der Waals surface area (Å²) in [4.78, 5) is 18.9. The smallest absolute Gasteiger partial charge is 0.257 e. The Bertz CT molecular complexity index is 694. The van der Waals surface area contributed by atoms with Crippen molar-refractivity contribution in [3.63, 3.8) is 0 Å². The second-order valence-electron chi connectivity index (χ2n) is 5.53. The Balaban J connectivity index is 1.70. The van der Waals surface area contributed by atoms with Gasteiger partial charge >= 0.3 is 0 Å². The van der Waals surface area contributed by atoms with Gasteiger partial charge in [-0.05, 0) is 36.8 Å². The number of carbonyl (C=O) groups is 1. The molecule has 0 radical (unpaired) electrons. The Morgan fingerprint density at radius 3 is 2.74 bits per heavy atom. The molecule has 0 atom stereocenters. The predicted molar refractivity (Wildman–Crippen MR) is 90.8 cm³/mol. The van der Waals surface area contributed by atoms with Crippen LogP contribution in [0.4, 0.5) is 17.2 Å². The van der Waals surface area contributed by atoms with Crippen LogP contribution in [0, 0.1) is 6.92 Å². The van der Waals surface area contributed by atoms with Crippen LogP contribution in [0.1, 0.15) is 15.9 Å². The van der Waals surface area contributed by atoms with Crippen LogP contribution in [0.5, 0.6) is 0 Å². The number of benzene rings is 1. The molecular weight excluding hydrogens is 292 g/mol. The number of morpholine rings is 1. The molecule has 3 rings (SSSR count). The molecule has 1 aromatic heterocycles. The summed E-state index contributed by atoms with van der Waals surface area (Å²) in [5.41, 5.74) is 8.79. The third kappa shape index (κ3) is 3.60. The first kappa shape index (κ1) is 15.3. The van der Waals surface area contributed by atoms with Crippen molar-refractivity contribution >= 4 is 23.1 Å². The lowest BCUT2D eigenvalue weighted by Gasteiger charge is -2.28. The van der Waals surface area contributed by atoms with Gasteiger partial charge < -0.3 is 20.7 Å². The van der Waals surface area contributed by atoms with Crippen molar-refractivity contribution in [3.8, 4) is 0 Å². The molecule has 1 aromatic carbocycles. The van der Waals surface area contributed by atoms with Gasteiger partial charge in [-0.2, -0.15) is 0 Å². The van der Waals surface area contributed by atoms with Crippen molar-refractivity contribution in [1.82, 2.24) is 4.98 Å². The SMILES string of the molecule is Cc1ccc(N)cc1C(=O)Nc1ccc(N2CCOCC2)cn1. The lowest BCUT2D eigenvalue weighted by molar-refractivity contribution is 0.102. The zero-order valence-corrected chi connectivity index (χ0v) is 13.1. The number of nitrogen functional groups attached to an aromatic ring is 1. The summed E-state index contributed by atoms with van der Waals surface area (Å²) in [5.74, 6) is 0.315. The van der Waals surface area contributed by atoms with E-state index >= 15 is 0 Å². The maximum Gasteiger partial charge on any atom is 0.257 e. The van der Waals surface area contributed by atoms with E-state index in [1.54, 1.807) is 18.3 Å². The number of rotatable bonds is 3.